The number of aromatic nitrogens is 2. The van der Waals surface area contributed by atoms with Crippen LogP contribution in [0.4, 0.5) is 0 Å². The van der Waals surface area contributed by atoms with Gasteiger partial charge in [-0.15, -0.1) is 0 Å². The van der Waals surface area contributed by atoms with Crippen LogP contribution in [0.1, 0.15) is 19.4 Å². The van der Waals surface area contributed by atoms with Crippen molar-refractivity contribution in [2.45, 2.75) is 26.8 Å². The molecule has 1 aromatic heterocycles. The summed E-state index contributed by atoms with van der Waals surface area (Å²) in [4.78, 5) is 0. The first-order chi connectivity index (χ1) is 6.22. The third-order valence-electron chi connectivity index (χ3n) is 1.81. The van der Waals surface area contributed by atoms with Gasteiger partial charge >= 0.3 is 0 Å². The van der Waals surface area contributed by atoms with Crippen molar-refractivity contribution >= 4 is 0 Å². The lowest BCUT2D eigenvalue weighted by Gasteiger charge is -1.95. The lowest BCUT2D eigenvalue weighted by atomic mass is 10.3. The van der Waals surface area contributed by atoms with E-state index < -0.39 is 0 Å². The van der Waals surface area contributed by atoms with E-state index in [0.29, 0.717) is 6.54 Å². The summed E-state index contributed by atoms with van der Waals surface area (Å²) in [6.07, 6.45) is 6.99. The summed E-state index contributed by atoms with van der Waals surface area (Å²) in [5, 5.41) is 4.22. The van der Waals surface area contributed by atoms with Crippen LogP contribution in [0.15, 0.2) is 24.0 Å². The smallest absolute Gasteiger partial charge is 0.0592 e. The van der Waals surface area contributed by atoms with Crippen molar-refractivity contribution in [3.8, 4) is 0 Å². The SMILES string of the molecule is CC(C)=CCn1cc(CCN)cn1. The number of nitrogens with zero attached hydrogens (tertiary/aromatic N) is 2. The molecule has 0 atom stereocenters. The standard InChI is InChI=1S/C10H17N3/c1-9(2)4-6-13-8-10(3-5-11)7-12-13/h4,7-8H,3,5-6,11H2,1-2H3. The molecular weight excluding hydrogens is 162 g/mol. The highest BCUT2D eigenvalue weighted by atomic mass is 15.3. The Kier molecular flexibility index (Phi) is 3.71. The molecule has 2 N–H and O–H groups in total. The number of nitrogens with two attached hydrogens (primary N) is 1. The fourth-order valence-electron chi connectivity index (χ4n) is 1.08. The van der Waals surface area contributed by atoms with Crippen molar-refractivity contribution in [2.75, 3.05) is 6.54 Å². The fourth-order valence-corrected chi connectivity index (χ4v) is 1.08. The van der Waals surface area contributed by atoms with Gasteiger partial charge in [-0.1, -0.05) is 11.6 Å². The van der Waals surface area contributed by atoms with Gasteiger partial charge in [-0.05, 0) is 32.4 Å². The number of allylic oxidation sites excluding steroid dienone is 2. The predicted molar refractivity (Wildman–Crippen MR) is 54.4 cm³/mol. The molecule has 0 fully saturated rings. The Bertz CT molecular complexity index is 282. The second-order valence-corrected chi connectivity index (χ2v) is 3.39. The van der Waals surface area contributed by atoms with Crippen molar-refractivity contribution in [3.63, 3.8) is 0 Å². The van der Waals surface area contributed by atoms with Gasteiger partial charge in [-0.3, -0.25) is 4.68 Å². The molecule has 13 heavy (non-hydrogen) atoms. The summed E-state index contributed by atoms with van der Waals surface area (Å²) in [7, 11) is 0. The van der Waals surface area contributed by atoms with Crippen LogP contribution in [0.5, 0.6) is 0 Å². The summed E-state index contributed by atoms with van der Waals surface area (Å²) in [5.74, 6) is 0. The number of hydrogen-bond acceptors (Lipinski definition) is 2. The van der Waals surface area contributed by atoms with Crippen LogP contribution in [0.25, 0.3) is 0 Å². The Morgan fingerprint density at radius 3 is 3.00 bits per heavy atom. The van der Waals surface area contributed by atoms with Gasteiger partial charge in [-0.25, -0.2) is 0 Å². The van der Waals surface area contributed by atoms with E-state index in [1.165, 1.54) is 11.1 Å². The molecule has 0 amide bonds. The van der Waals surface area contributed by atoms with Crippen LogP contribution < -0.4 is 5.73 Å². The maximum atomic E-state index is 5.44. The maximum absolute atomic E-state index is 5.44. The minimum atomic E-state index is 0.689. The maximum Gasteiger partial charge on any atom is 0.0592 e. The molecule has 0 spiro atoms. The monoisotopic (exact) mass is 179 g/mol. The molecule has 1 rings (SSSR count). The minimum absolute atomic E-state index is 0.689. The van der Waals surface area contributed by atoms with Gasteiger partial charge < -0.3 is 5.73 Å². The Labute approximate surface area is 79.2 Å². The highest BCUT2D eigenvalue weighted by Gasteiger charge is 1.95. The first-order valence-electron chi connectivity index (χ1n) is 4.57. The molecule has 0 saturated heterocycles. The van der Waals surface area contributed by atoms with Crippen molar-refractivity contribution in [1.29, 1.82) is 0 Å². The average molecular weight is 179 g/mol. The van der Waals surface area contributed by atoms with E-state index in [0.717, 1.165) is 13.0 Å². The molecule has 3 heteroatoms. The summed E-state index contributed by atoms with van der Waals surface area (Å²) >= 11 is 0. The van der Waals surface area contributed by atoms with E-state index in [4.69, 9.17) is 5.73 Å². The van der Waals surface area contributed by atoms with Crippen LogP contribution in [0, 0.1) is 0 Å². The van der Waals surface area contributed by atoms with Crippen LogP contribution in [0.3, 0.4) is 0 Å². The van der Waals surface area contributed by atoms with Gasteiger partial charge in [0.25, 0.3) is 0 Å². The van der Waals surface area contributed by atoms with Crippen molar-refractivity contribution < 1.29 is 0 Å². The minimum Gasteiger partial charge on any atom is -0.330 e. The first kappa shape index (κ1) is 9.99. The molecule has 0 bridgehead atoms. The molecule has 0 aliphatic carbocycles. The molecule has 0 radical (unpaired) electrons. The van der Waals surface area contributed by atoms with Crippen LogP contribution in [-0.2, 0) is 13.0 Å². The molecule has 3 nitrogen and oxygen atoms in total. The molecule has 0 saturated carbocycles. The predicted octanol–water partition coefficient (Wildman–Crippen LogP) is 1.35. The van der Waals surface area contributed by atoms with Gasteiger partial charge in [0.15, 0.2) is 0 Å². The molecule has 0 aliphatic heterocycles. The first-order valence-corrected chi connectivity index (χ1v) is 4.57. The molecule has 1 heterocycles. The van der Waals surface area contributed by atoms with Gasteiger partial charge in [-0.2, -0.15) is 5.10 Å². The topological polar surface area (TPSA) is 43.8 Å². The third-order valence-corrected chi connectivity index (χ3v) is 1.81. The number of hydrogen-bond donors (Lipinski definition) is 1. The van der Waals surface area contributed by atoms with E-state index in [1.54, 1.807) is 0 Å². The van der Waals surface area contributed by atoms with Gasteiger partial charge in [0.1, 0.15) is 0 Å². The van der Waals surface area contributed by atoms with Gasteiger partial charge in [0, 0.05) is 6.20 Å². The quantitative estimate of drug-likeness (QED) is 0.709. The van der Waals surface area contributed by atoms with Gasteiger partial charge in [0.05, 0.1) is 12.7 Å². The third kappa shape index (κ3) is 3.42. The molecule has 72 valence electrons. The van der Waals surface area contributed by atoms with E-state index in [2.05, 4.69) is 25.0 Å². The second-order valence-electron chi connectivity index (χ2n) is 3.39. The Balaban J connectivity index is 2.53. The van der Waals surface area contributed by atoms with Crippen LogP contribution in [0.2, 0.25) is 0 Å². The van der Waals surface area contributed by atoms with E-state index in [1.807, 2.05) is 17.1 Å². The molecule has 0 aliphatic rings. The summed E-state index contributed by atoms with van der Waals surface area (Å²) in [5.41, 5.74) is 7.97. The molecule has 0 aromatic carbocycles. The lowest BCUT2D eigenvalue weighted by molar-refractivity contribution is 0.698. The second kappa shape index (κ2) is 4.82. The highest BCUT2D eigenvalue weighted by molar-refractivity contribution is 5.05. The summed E-state index contributed by atoms with van der Waals surface area (Å²) in [6, 6.07) is 0. The van der Waals surface area contributed by atoms with E-state index in [9.17, 15) is 0 Å². The zero-order valence-electron chi connectivity index (χ0n) is 8.33. The summed E-state index contributed by atoms with van der Waals surface area (Å²) < 4.78 is 1.93. The zero-order chi connectivity index (χ0) is 9.68. The van der Waals surface area contributed by atoms with Crippen molar-refractivity contribution in [3.05, 3.63) is 29.6 Å². The van der Waals surface area contributed by atoms with Gasteiger partial charge in [0.2, 0.25) is 0 Å². The van der Waals surface area contributed by atoms with Crippen LogP contribution >= 0.6 is 0 Å². The Morgan fingerprint density at radius 1 is 1.62 bits per heavy atom. The fraction of sp³-hybridized carbons (Fsp3) is 0.500. The Morgan fingerprint density at radius 2 is 2.38 bits per heavy atom. The average Bonchev–Trinajstić information content (AvgIpc) is 2.50. The highest BCUT2D eigenvalue weighted by Crippen LogP contribution is 1.99. The van der Waals surface area contributed by atoms with E-state index in [-0.39, 0.29) is 0 Å². The number of rotatable bonds is 4. The molecule has 0 unspecified atom stereocenters. The van der Waals surface area contributed by atoms with Crippen LogP contribution in [-0.4, -0.2) is 16.3 Å². The Hall–Kier alpha value is -1.09. The van der Waals surface area contributed by atoms with Crippen molar-refractivity contribution in [1.82, 2.24) is 9.78 Å². The normalized spacial score (nSPS) is 10.1. The summed E-state index contributed by atoms with van der Waals surface area (Å²) in [6.45, 7) is 5.72. The zero-order valence-corrected chi connectivity index (χ0v) is 8.33. The van der Waals surface area contributed by atoms with E-state index >= 15 is 0 Å². The largest absolute Gasteiger partial charge is 0.330 e. The molecular formula is C10H17N3. The van der Waals surface area contributed by atoms with Crippen molar-refractivity contribution in [2.24, 2.45) is 5.73 Å². The lowest BCUT2D eigenvalue weighted by Crippen LogP contribution is -2.01. The molecule has 1 aromatic rings.